The molecule has 0 bridgehead atoms. The van der Waals surface area contributed by atoms with E-state index in [0.29, 0.717) is 11.5 Å². The summed E-state index contributed by atoms with van der Waals surface area (Å²) in [4.78, 5) is 7.15. The van der Waals surface area contributed by atoms with Crippen LogP contribution in [-0.2, 0) is 0 Å². The Labute approximate surface area is 100 Å². The summed E-state index contributed by atoms with van der Waals surface area (Å²) in [7, 11) is 0. The smallest absolute Gasteiger partial charge is 0.161 e. The van der Waals surface area contributed by atoms with Crippen LogP contribution in [0.25, 0.3) is 11.4 Å². The van der Waals surface area contributed by atoms with Gasteiger partial charge in [-0.25, -0.2) is 4.98 Å². The quantitative estimate of drug-likeness (QED) is 0.783. The summed E-state index contributed by atoms with van der Waals surface area (Å²) in [5.74, 6) is 0.913. The first-order chi connectivity index (χ1) is 8.02. The van der Waals surface area contributed by atoms with Crippen molar-refractivity contribution in [2.75, 3.05) is 5.73 Å². The molecule has 2 rings (SSSR count). The number of H-pyrrole nitrogens is 1. The zero-order chi connectivity index (χ0) is 12.6. The Morgan fingerprint density at radius 1 is 1.24 bits per heavy atom. The lowest BCUT2D eigenvalue weighted by molar-refractivity contribution is 1.23. The molecule has 0 aliphatic heterocycles. The fourth-order valence-electron chi connectivity index (χ4n) is 2.14. The maximum Gasteiger partial charge on any atom is 0.161 e. The summed E-state index contributed by atoms with van der Waals surface area (Å²) in [6.07, 6.45) is 0. The highest BCUT2D eigenvalue weighted by atomic mass is 15.0. The molecule has 4 nitrogen and oxygen atoms in total. The van der Waals surface area contributed by atoms with Gasteiger partial charge in [0.1, 0.15) is 11.9 Å². The number of rotatable bonds is 1. The summed E-state index contributed by atoms with van der Waals surface area (Å²) < 4.78 is 0. The number of anilines is 1. The lowest BCUT2D eigenvalue weighted by Gasteiger charge is -2.08. The molecule has 1 aromatic heterocycles. The van der Waals surface area contributed by atoms with Crippen molar-refractivity contribution in [1.29, 1.82) is 5.26 Å². The second-order valence-corrected chi connectivity index (χ2v) is 4.23. The van der Waals surface area contributed by atoms with Crippen molar-refractivity contribution in [2.45, 2.75) is 20.8 Å². The highest BCUT2D eigenvalue weighted by Gasteiger charge is 2.13. The molecule has 0 unspecified atom stereocenters. The zero-order valence-electron chi connectivity index (χ0n) is 10.1. The fourth-order valence-corrected chi connectivity index (χ4v) is 2.14. The van der Waals surface area contributed by atoms with Crippen LogP contribution in [0.5, 0.6) is 0 Å². The molecule has 1 aromatic carbocycles. The van der Waals surface area contributed by atoms with Crippen molar-refractivity contribution in [3.05, 3.63) is 34.5 Å². The van der Waals surface area contributed by atoms with Crippen LogP contribution in [0.2, 0.25) is 0 Å². The predicted molar refractivity (Wildman–Crippen MR) is 67.4 cm³/mol. The van der Waals surface area contributed by atoms with Gasteiger partial charge in [-0.15, -0.1) is 0 Å². The SMILES string of the molecule is Cc1cc(C)c(-c2nc(N)c(C#N)[nH]2)c(C)c1. The van der Waals surface area contributed by atoms with Crippen LogP contribution < -0.4 is 5.73 Å². The monoisotopic (exact) mass is 226 g/mol. The molecule has 4 heteroatoms. The number of aromatic amines is 1. The fraction of sp³-hybridized carbons (Fsp3) is 0.231. The molecule has 17 heavy (non-hydrogen) atoms. The van der Waals surface area contributed by atoms with Gasteiger partial charge in [0.05, 0.1) is 0 Å². The first-order valence-corrected chi connectivity index (χ1v) is 5.36. The van der Waals surface area contributed by atoms with Crippen LogP contribution in [0.3, 0.4) is 0 Å². The van der Waals surface area contributed by atoms with Gasteiger partial charge in [0, 0.05) is 5.56 Å². The minimum atomic E-state index is 0.252. The summed E-state index contributed by atoms with van der Waals surface area (Å²) >= 11 is 0. The number of hydrogen-bond donors (Lipinski definition) is 2. The second-order valence-electron chi connectivity index (χ2n) is 4.23. The van der Waals surface area contributed by atoms with E-state index >= 15 is 0 Å². The molecular formula is C13H14N4. The Morgan fingerprint density at radius 3 is 2.29 bits per heavy atom. The number of nitrogens with zero attached hydrogens (tertiary/aromatic N) is 2. The van der Waals surface area contributed by atoms with E-state index in [0.717, 1.165) is 16.7 Å². The number of nitriles is 1. The van der Waals surface area contributed by atoms with E-state index in [2.05, 4.69) is 29.0 Å². The van der Waals surface area contributed by atoms with Crippen molar-refractivity contribution in [1.82, 2.24) is 9.97 Å². The third-order valence-corrected chi connectivity index (χ3v) is 2.76. The molecule has 86 valence electrons. The molecule has 0 aliphatic carbocycles. The molecule has 0 spiro atoms. The van der Waals surface area contributed by atoms with E-state index in [1.54, 1.807) is 0 Å². The Kier molecular flexibility index (Phi) is 2.60. The van der Waals surface area contributed by atoms with Gasteiger partial charge in [-0.05, 0) is 31.9 Å². The number of nitrogen functional groups attached to an aromatic ring is 1. The average molecular weight is 226 g/mol. The predicted octanol–water partition coefficient (Wildman–Crippen LogP) is 2.46. The Morgan fingerprint density at radius 2 is 1.82 bits per heavy atom. The molecule has 0 fully saturated rings. The average Bonchev–Trinajstić information content (AvgIpc) is 2.57. The normalized spacial score (nSPS) is 10.2. The van der Waals surface area contributed by atoms with Crippen LogP contribution in [0.15, 0.2) is 12.1 Å². The second kappa shape index (κ2) is 3.95. The van der Waals surface area contributed by atoms with Crippen LogP contribution in [-0.4, -0.2) is 9.97 Å². The topological polar surface area (TPSA) is 78.5 Å². The number of imidazole rings is 1. The minimum absolute atomic E-state index is 0.252. The van der Waals surface area contributed by atoms with Crippen LogP contribution in [0.4, 0.5) is 5.82 Å². The third-order valence-electron chi connectivity index (χ3n) is 2.76. The molecule has 0 atom stereocenters. The van der Waals surface area contributed by atoms with Gasteiger partial charge in [0.15, 0.2) is 11.5 Å². The molecule has 1 heterocycles. The number of aromatic nitrogens is 2. The largest absolute Gasteiger partial charge is 0.381 e. The van der Waals surface area contributed by atoms with Gasteiger partial charge in [-0.2, -0.15) is 5.26 Å². The highest BCUT2D eigenvalue weighted by molar-refractivity contribution is 5.68. The summed E-state index contributed by atoms with van der Waals surface area (Å²) in [5.41, 5.74) is 10.5. The first kappa shape index (κ1) is 11.2. The van der Waals surface area contributed by atoms with Gasteiger partial charge in [0.25, 0.3) is 0 Å². The first-order valence-electron chi connectivity index (χ1n) is 5.36. The molecule has 3 N–H and O–H groups in total. The van der Waals surface area contributed by atoms with Crippen molar-refractivity contribution >= 4 is 5.82 Å². The Hall–Kier alpha value is -2.28. The molecule has 0 amide bonds. The zero-order valence-corrected chi connectivity index (χ0v) is 10.1. The number of aryl methyl sites for hydroxylation is 3. The van der Waals surface area contributed by atoms with Gasteiger partial charge in [-0.1, -0.05) is 17.7 Å². The lowest BCUT2D eigenvalue weighted by atomic mass is 9.99. The van der Waals surface area contributed by atoms with Gasteiger partial charge in [0.2, 0.25) is 0 Å². The molecule has 0 saturated carbocycles. The van der Waals surface area contributed by atoms with Gasteiger partial charge >= 0.3 is 0 Å². The number of hydrogen-bond acceptors (Lipinski definition) is 3. The summed E-state index contributed by atoms with van der Waals surface area (Å²) in [6.45, 7) is 6.11. The molecule has 0 radical (unpaired) electrons. The summed E-state index contributed by atoms with van der Waals surface area (Å²) in [6, 6.07) is 6.17. The van der Waals surface area contributed by atoms with E-state index in [1.807, 2.05) is 19.9 Å². The van der Waals surface area contributed by atoms with Crippen LogP contribution in [0, 0.1) is 32.1 Å². The molecule has 2 aromatic rings. The van der Waals surface area contributed by atoms with Crippen molar-refractivity contribution in [3.63, 3.8) is 0 Å². The molecular weight excluding hydrogens is 212 g/mol. The summed E-state index contributed by atoms with van der Waals surface area (Å²) in [5, 5.41) is 8.86. The maximum atomic E-state index is 8.86. The lowest BCUT2D eigenvalue weighted by Crippen LogP contribution is -1.92. The van der Waals surface area contributed by atoms with Gasteiger partial charge in [-0.3, -0.25) is 0 Å². The van der Waals surface area contributed by atoms with E-state index < -0.39 is 0 Å². The Bertz CT molecular complexity index is 594. The molecule has 0 saturated heterocycles. The van der Waals surface area contributed by atoms with Crippen molar-refractivity contribution in [2.24, 2.45) is 0 Å². The third kappa shape index (κ3) is 1.87. The minimum Gasteiger partial charge on any atom is -0.381 e. The maximum absolute atomic E-state index is 8.86. The van der Waals surface area contributed by atoms with E-state index in [4.69, 9.17) is 11.0 Å². The van der Waals surface area contributed by atoms with Crippen molar-refractivity contribution < 1.29 is 0 Å². The van der Waals surface area contributed by atoms with E-state index in [-0.39, 0.29) is 5.82 Å². The highest BCUT2D eigenvalue weighted by Crippen LogP contribution is 2.27. The number of nitrogens with two attached hydrogens (primary N) is 1. The van der Waals surface area contributed by atoms with Gasteiger partial charge < -0.3 is 10.7 Å². The van der Waals surface area contributed by atoms with Crippen molar-refractivity contribution in [3.8, 4) is 17.5 Å². The van der Waals surface area contributed by atoms with Crippen LogP contribution in [0.1, 0.15) is 22.4 Å². The van der Waals surface area contributed by atoms with E-state index in [1.165, 1.54) is 5.56 Å². The molecule has 0 aliphatic rings. The van der Waals surface area contributed by atoms with Crippen LogP contribution >= 0.6 is 0 Å². The standard InChI is InChI=1S/C13H14N4/c1-7-4-8(2)11(9(3)5-7)13-16-10(6-14)12(15)17-13/h4-5H,15H2,1-3H3,(H,16,17). The number of nitrogens with one attached hydrogen (secondary N) is 1. The van der Waals surface area contributed by atoms with E-state index in [9.17, 15) is 0 Å². The Balaban J connectivity index is 2.65. The number of benzene rings is 1.